The Morgan fingerprint density at radius 1 is 1.15 bits per heavy atom. The van der Waals surface area contributed by atoms with Crippen molar-refractivity contribution in [3.05, 3.63) is 58.2 Å². The molecule has 2 aromatic carbocycles. The molecule has 2 N–H and O–H groups in total. The summed E-state index contributed by atoms with van der Waals surface area (Å²) in [6.07, 6.45) is 0.341. The number of sulfone groups is 1. The fourth-order valence-electron chi connectivity index (χ4n) is 4.79. The quantitative estimate of drug-likeness (QED) is 0.548. The van der Waals surface area contributed by atoms with Gasteiger partial charge in [0.05, 0.1) is 31.8 Å². The zero-order valence-corrected chi connectivity index (χ0v) is 20.0. The summed E-state index contributed by atoms with van der Waals surface area (Å²) in [6, 6.07) is 8.73. The highest BCUT2D eigenvalue weighted by Crippen LogP contribution is 2.48. The van der Waals surface area contributed by atoms with Crippen molar-refractivity contribution >= 4 is 27.3 Å². The molecule has 0 bridgehead atoms. The van der Waals surface area contributed by atoms with Gasteiger partial charge in [0.2, 0.25) is 0 Å². The van der Waals surface area contributed by atoms with E-state index in [1.54, 1.807) is 35.2 Å². The molecule has 1 fully saturated rings. The van der Waals surface area contributed by atoms with Crippen LogP contribution in [0.25, 0.3) is 11.3 Å². The topological polar surface area (TPSA) is 122 Å². The molecular weight excluding hydrogens is 482 g/mol. The number of phenols is 1. The molecule has 0 saturated carbocycles. The fraction of sp³-hybridized carbons (Fsp3) is 0.304. The highest BCUT2D eigenvalue weighted by atomic mass is 35.5. The number of aromatic amines is 1. The molecule has 1 amide bonds. The molecule has 2 atom stereocenters. The van der Waals surface area contributed by atoms with Gasteiger partial charge in [-0.25, -0.2) is 8.42 Å². The normalized spacial score (nSPS) is 21.0. The lowest BCUT2D eigenvalue weighted by Gasteiger charge is -2.31. The molecule has 5 rings (SSSR count). The van der Waals surface area contributed by atoms with Crippen molar-refractivity contribution in [1.82, 2.24) is 15.1 Å². The Hall–Kier alpha value is -3.24. The Kier molecular flexibility index (Phi) is 5.44. The van der Waals surface area contributed by atoms with Crippen LogP contribution in [0.3, 0.4) is 0 Å². The van der Waals surface area contributed by atoms with Gasteiger partial charge in [0.25, 0.3) is 5.91 Å². The third-order valence-corrected chi connectivity index (χ3v) is 8.33. The Morgan fingerprint density at radius 3 is 2.59 bits per heavy atom. The Bertz CT molecular complexity index is 1400. The molecule has 9 nitrogen and oxygen atoms in total. The molecule has 0 radical (unpaired) electrons. The molecule has 0 aliphatic carbocycles. The van der Waals surface area contributed by atoms with Gasteiger partial charge in [-0.1, -0.05) is 17.7 Å². The zero-order valence-electron chi connectivity index (χ0n) is 18.4. The van der Waals surface area contributed by atoms with E-state index in [0.29, 0.717) is 45.3 Å². The molecule has 2 unspecified atom stereocenters. The monoisotopic (exact) mass is 503 g/mol. The SMILES string of the molecule is COc1ccc(C2c3c(-c4cc(Cl)ccc4O)n[nH]c3C(=O)N2C2CCS(=O)(=O)C2)cc1OC. The van der Waals surface area contributed by atoms with Crippen LogP contribution in [-0.2, 0) is 9.84 Å². The summed E-state index contributed by atoms with van der Waals surface area (Å²) in [7, 11) is -0.209. The number of fused-ring (bicyclic) bond motifs is 1. The van der Waals surface area contributed by atoms with E-state index in [4.69, 9.17) is 21.1 Å². The fourth-order valence-corrected chi connectivity index (χ4v) is 6.67. The summed E-state index contributed by atoms with van der Waals surface area (Å²) in [6.45, 7) is 0. The minimum atomic E-state index is -3.25. The van der Waals surface area contributed by atoms with Crippen LogP contribution in [0.1, 0.15) is 34.1 Å². The van der Waals surface area contributed by atoms with Crippen molar-refractivity contribution in [3.63, 3.8) is 0 Å². The molecule has 3 heterocycles. The third kappa shape index (κ3) is 3.57. The number of ether oxygens (including phenoxy) is 2. The number of nitrogens with zero attached hydrogens (tertiary/aromatic N) is 2. The number of aromatic nitrogens is 2. The number of carbonyl (C=O) groups is 1. The maximum Gasteiger partial charge on any atom is 0.273 e. The summed E-state index contributed by atoms with van der Waals surface area (Å²) in [5, 5.41) is 18.1. The average Bonchev–Trinajstić information content (AvgIpc) is 3.48. The van der Waals surface area contributed by atoms with Gasteiger partial charge >= 0.3 is 0 Å². The summed E-state index contributed by atoms with van der Waals surface area (Å²) >= 11 is 6.18. The first-order valence-corrected chi connectivity index (χ1v) is 12.8. The van der Waals surface area contributed by atoms with E-state index in [1.165, 1.54) is 20.3 Å². The number of aromatic hydroxyl groups is 1. The number of hydrogen-bond acceptors (Lipinski definition) is 7. The number of benzene rings is 2. The molecule has 2 aliphatic heterocycles. The number of methoxy groups -OCH3 is 2. The summed E-state index contributed by atoms with van der Waals surface area (Å²) in [5.74, 6) is 0.504. The number of halogens is 1. The molecule has 1 aromatic heterocycles. The van der Waals surface area contributed by atoms with Crippen molar-refractivity contribution in [2.45, 2.75) is 18.5 Å². The highest BCUT2D eigenvalue weighted by Gasteiger charge is 2.48. The van der Waals surface area contributed by atoms with Crippen molar-refractivity contribution in [1.29, 1.82) is 0 Å². The lowest BCUT2D eigenvalue weighted by molar-refractivity contribution is 0.0677. The van der Waals surface area contributed by atoms with E-state index in [0.717, 1.165) is 0 Å². The number of hydrogen-bond donors (Lipinski definition) is 2. The van der Waals surface area contributed by atoms with Crippen LogP contribution in [-0.4, -0.2) is 66.3 Å². The average molecular weight is 504 g/mol. The van der Waals surface area contributed by atoms with Gasteiger partial charge < -0.3 is 19.5 Å². The van der Waals surface area contributed by atoms with Crippen LogP contribution >= 0.6 is 11.6 Å². The summed E-state index contributed by atoms with van der Waals surface area (Å²) in [5.41, 5.74) is 2.21. The van der Waals surface area contributed by atoms with E-state index in [1.807, 2.05) is 0 Å². The van der Waals surface area contributed by atoms with Crippen molar-refractivity contribution in [2.75, 3.05) is 25.7 Å². The molecule has 178 valence electrons. The van der Waals surface area contributed by atoms with E-state index in [2.05, 4.69) is 10.2 Å². The van der Waals surface area contributed by atoms with Crippen molar-refractivity contribution in [3.8, 4) is 28.5 Å². The standard InChI is InChI=1S/C23H22ClN3O6S/c1-32-17-6-3-12(9-18(17)33-2)22-19-20(15-10-13(24)4-5-16(15)28)25-26-21(19)23(29)27(22)14-7-8-34(30,31)11-14/h3-6,9-10,14,22,28H,7-8,11H2,1-2H3,(H,25,26). The van der Waals surface area contributed by atoms with Crippen molar-refractivity contribution < 1.29 is 27.8 Å². The zero-order chi connectivity index (χ0) is 24.2. The van der Waals surface area contributed by atoms with Gasteiger partial charge in [0, 0.05) is 22.2 Å². The van der Waals surface area contributed by atoms with Crippen LogP contribution in [0.2, 0.25) is 5.02 Å². The lowest BCUT2D eigenvalue weighted by Crippen LogP contribution is -2.40. The minimum Gasteiger partial charge on any atom is -0.507 e. The number of carbonyl (C=O) groups excluding carboxylic acids is 1. The van der Waals surface area contributed by atoms with Gasteiger partial charge in [-0.15, -0.1) is 0 Å². The van der Waals surface area contributed by atoms with Gasteiger partial charge in [-0.2, -0.15) is 5.10 Å². The second-order valence-electron chi connectivity index (χ2n) is 8.31. The molecule has 34 heavy (non-hydrogen) atoms. The number of rotatable bonds is 5. The van der Waals surface area contributed by atoms with E-state index < -0.39 is 21.9 Å². The van der Waals surface area contributed by atoms with Crippen LogP contribution in [0.5, 0.6) is 17.2 Å². The Labute approximate surface area is 201 Å². The van der Waals surface area contributed by atoms with E-state index in [-0.39, 0.29) is 28.9 Å². The molecule has 3 aromatic rings. The van der Waals surface area contributed by atoms with Crippen LogP contribution in [0.4, 0.5) is 0 Å². The summed E-state index contributed by atoms with van der Waals surface area (Å²) in [4.78, 5) is 15.2. The number of amides is 1. The first kappa shape index (κ1) is 22.5. The summed E-state index contributed by atoms with van der Waals surface area (Å²) < 4.78 is 35.4. The Morgan fingerprint density at radius 2 is 1.91 bits per heavy atom. The van der Waals surface area contributed by atoms with E-state index >= 15 is 0 Å². The van der Waals surface area contributed by atoms with Gasteiger partial charge in [0.15, 0.2) is 21.3 Å². The first-order valence-electron chi connectivity index (χ1n) is 10.6. The molecule has 1 saturated heterocycles. The number of H-pyrrole nitrogens is 1. The first-order chi connectivity index (χ1) is 16.2. The lowest BCUT2D eigenvalue weighted by atomic mass is 9.94. The molecule has 0 spiro atoms. The van der Waals surface area contributed by atoms with Gasteiger partial charge in [0.1, 0.15) is 17.1 Å². The minimum absolute atomic E-state index is 0.0220. The smallest absolute Gasteiger partial charge is 0.273 e. The van der Waals surface area contributed by atoms with Gasteiger partial charge in [-0.05, 0) is 42.3 Å². The Balaban J connectivity index is 1.72. The second kappa shape index (κ2) is 8.21. The predicted molar refractivity (Wildman–Crippen MR) is 125 cm³/mol. The van der Waals surface area contributed by atoms with E-state index in [9.17, 15) is 18.3 Å². The van der Waals surface area contributed by atoms with Crippen LogP contribution in [0.15, 0.2) is 36.4 Å². The largest absolute Gasteiger partial charge is 0.507 e. The highest BCUT2D eigenvalue weighted by molar-refractivity contribution is 7.91. The van der Waals surface area contributed by atoms with Crippen molar-refractivity contribution in [2.24, 2.45) is 0 Å². The third-order valence-electron chi connectivity index (χ3n) is 6.34. The molecule has 11 heteroatoms. The van der Waals surface area contributed by atoms with Gasteiger partial charge in [-0.3, -0.25) is 9.89 Å². The molecule has 2 aliphatic rings. The predicted octanol–water partition coefficient (Wildman–Crippen LogP) is 3.19. The maximum absolute atomic E-state index is 13.6. The molecular formula is C23H22ClN3O6S. The van der Waals surface area contributed by atoms with Crippen LogP contribution in [0, 0.1) is 0 Å². The number of nitrogens with one attached hydrogen (secondary N) is 1. The van der Waals surface area contributed by atoms with Crippen LogP contribution < -0.4 is 9.47 Å². The second-order valence-corrected chi connectivity index (χ2v) is 11.0. The maximum atomic E-state index is 13.6. The number of phenolic OH excluding ortho intramolecular Hbond substituents is 1.